The highest BCUT2D eigenvalue weighted by molar-refractivity contribution is 6.06. The van der Waals surface area contributed by atoms with Crippen molar-refractivity contribution < 1.29 is 18.8 Å². The molecule has 2 fully saturated rings. The van der Waals surface area contributed by atoms with Crippen LogP contribution in [0.3, 0.4) is 0 Å². The summed E-state index contributed by atoms with van der Waals surface area (Å²) >= 11 is 0. The first-order valence-electron chi connectivity index (χ1n) is 13.4. The van der Waals surface area contributed by atoms with Crippen LogP contribution in [0.4, 0.5) is 15.8 Å². The minimum atomic E-state index is -0.494. The van der Waals surface area contributed by atoms with Crippen molar-refractivity contribution in [2.24, 2.45) is 5.92 Å². The van der Waals surface area contributed by atoms with E-state index in [9.17, 15) is 18.8 Å². The van der Waals surface area contributed by atoms with Crippen molar-refractivity contribution in [2.45, 2.75) is 25.8 Å². The van der Waals surface area contributed by atoms with E-state index >= 15 is 0 Å². The molecule has 0 radical (unpaired) electrons. The molecule has 0 atom stereocenters. The second-order valence-electron chi connectivity index (χ2n) is 10.3. The Labute approximate surface area is 228 Å². The molecule has 3 aromatic carbocycles. The van der Waals surface area contributed by atoms with Crippen LogP contribution in [0.1, 0.15) is 45.5 Å². The van der Waals surface area contributed by atoms with Crippen LogP contribution in [0.15, 0.2) is 72.8 Å². The molecule has 5 rings (SSSR count). The number of hydrogen-bond acceptors (Lipinski definition) is 4. The summed E-state index contributed by atoms with van der Waals surface area (Å²) in [5, 5.41) is 2.81. The van der Waals surface area contributed by atoms with Gasteiger partial charge in [0.15, 0.2) is 0 Å². The van der Waals surface area contributed by atoms with E-state index in [-0.39, 0.29) is 23.3 Å². The third kappa shape index (κ3) is 6.45. The van der Waals surface area contributed by atoms with Crippen molar-refractivity contribution in [2.75, 3.05) is 43.4 Å². The SMILES string of the molecule is CN(Cc1ccccc1)C(=O)c1cc(NC(=O)c2cccc(F)c2)ccc1N1CCCN(C(=O)C2CC2)CC1. The van der Waals surface area contributed by atoms with Crippen LogP contribution in [0, 0.1) is 11.7 Å². The van der Waals surface area contributed by atoms with Crippen LogP contribution in [-0.2, 0) is 11.3 Å². The zero-order chi connectivity index (χ0) is 27.4. The normalized spacial score (nSPS) is 15.4. The largest absolute Gasteiger partial charge is 0.369 e. The molecule has 2 aliphatic rings. The second-order valence-corrected chi connectivity index (χ2v) is 10.3. The molecule has 3 aromatic rings. The van der Waals surface area contributed by atoms with E-state index in [0.29, 0.717) is 44.0 Å². The molecule has 7 nitrogen and oxygen atoms in total. The standard InChI is InChI=1S/C31H33FN4O3/c1-34(21-22-7-3-2-4-8-22)31(39)27-20-26(33-29(37)24-9-5-10-25(32)19-24)13-14-28(27)35-15-6-16-36(18-17-35)30(38)23-11-12-23/h2-5,7-10,13-14,19-20,23H,6,11-12,15-18,21H2,1H3,(H,33,37). The van der Waals surface area contributed by atoms with Crippen LogP contribution in [-0.4, -0.2) is 60.7 Å². The maximum atomic E-state index is 13.8. The molecule has 8 heteroatoms. The maximum absolute atomic E-state index is 13.8. The van der Waals surface area contributed by atoms with E-state index in [4.69, 9.17) is 0 Å². The molecule has 0 unspecified atom stereocenters. The topological polar surface area (TPSA) is 73.0 Å². The summed E-state index contributed by atoms with van der Waals surface area (Å²) in [6.07, 6.45) is 2.77. The summed E-state index contributed by atoms with van der Waals surface area (Å²) in [5.74, 6) is -0.701. The fourth-order valence-electron chi connectivity index (χ4n) is 5.00. The number of carbonyl (C=O) groups is 3. The van der Waals surface area contributed by atoms with E-state index in [1.807, 2.05) is 41.3 Å². The van der Waals surface area contributed by atoms with Crippen molar-refractivity contribution in [3.63, 3.8) is 0 Å². The van der Waals surface area contributed by atoms with Crippen LogP contribution in [0.25, 0.3) is 0 Å². The lowest BCUT2D eigenvalue weighted by Crippen LogP contribution is -2.36. The van der Waals surface area contributed by atoms with Crippen molar-refractivity contribution in [3.8, 4) is 0 Å². The second kappa shape index (κ2) is 11.7. The van der Waals surface area contributed by atoms with Gasteiger partial charge in [0.1, 0.15) is 5.82 Å². The maximum Gasteiger partial charge on any atom is 0.256 e. The number of nitrogens with one attached hydrogen (secondary N) is 1. The molecule has 1 aliphatic carbocycles. The number of rotatable bonds is 7. The van der Waals surface area contributed by atoms with E-state index < -0.39 is 11.7 Å². The number of hydrogen-bond donors (Lipinski definition) is 1. The van der Waals surface area contributed by atoms with Gasteiger partial charge in [-0.2, -0.15) is 0 Å². The smallest absolute Gasteiger partial charge is 0.256 e. The van der Waals surface area contributed by atoms with Gasteiger partial charge >= 0.3 is 0 Å². The minimum Gasteiger partial charge on any atom is -0.369 e. The van der Waals surface area contributed by atoms with E-state index in [0.717, 1.165) is 30.5 Å². The fourth-order valence-corrected chi connectivity index (χ4v) is 5.00. The van der Waals surface area contributed by atoms with Crippen LogP contribution < -0.4 is 10.2 Å². The molecule has 1 aliphatic heterocycles. The van der Waals surface area contributed by atoms with Crippen LogP contribution >= 0.6 is 0 Å². The molecular formula is C31H33FN4O3. The highest BCUT2D eigenvalue weighted by Crippen LogP contribution is 2.32. The lowest BCUT2D eigenvalue weighted by atomic mass is 10.1. The van der Waals surface area contributed by atoms with E-state index in [2.05, 4.69) is 10.2 Å². The predicted octanol–water partition coefficient (Wildman–Crippen LogP) is 4.80. The average Bonchev–Trinajstić information content (AvgIpc) is 3.80. The summed E-state index contributed by atoms with van der Waals surface area (Å²) in [5.41, 5.74) is 2.89. The molecule has 39 heavy (non-hydrogen) atoms. The third-order valence-electron chi connectivity index (χ3n) is 7.26. The average molecular weight is 529 g/mol. The van der Waals surface area contributed by atoms with Crippen molar-refractivity contribution in [1.29, 1.82) is 0 Å². The van der Waals surface area contributed by atoms with Crippen molar-refractivity contribution >= 4 is 29.1 Å². The predicted molar refractivity (Wildman–Crippen MR) is 149 cm³/mol. The van der Waals surface area contributed by atoms with Gasteiger partial charge < -0.3 is 20.0 Å². The number of anilines is 2. The van der Waals surface area contributed by atoms with Gasteiger partial charge in [0.2, 0.25) is 5.91 Å². The molecule has 1 N–H and O–H groups in total. The highest BCUT2D eigenvalue weighted by atomic mass is 19.1. The Morgan fingerprint density at radius 1 is 0.923 bits per heavy atom. The Bertz CT molecular complexity index is 1360. The van der Waals surface area contributed by atoms with Crippen molar-refractivity contribution in [1.82, 2.24) is 9.80 Å². The summed E-state index contributed by atoms with van der Waals surface area (Å²) in [6, 6.07) is 20.5. The number of amides is 3. The van der Waals surface area contributed by atoms with Gasteiger partial charge in [-0.1, -0.05) is 36.4 Å². The summed E-state index contributed by atoms with van der Waals surface area (Å²) in [4.78, 5) is 45.0. The molecule has 1 heterocycles. The van der Waals surface area contributed by atoms with Crippen LogP contribution in [0.5, 0.6) is 0 Å². The highest BCUT2D eigenvalue weighted by Gasteiger charge is 2.34. The Hall–Kier alpha value is -4.20. The molecule has 3 amide bonds. The van der Waals surface area contributed by atoms with Gasteiger partial charge in [-0.15, -0.1) is 0 Å². The van der Waals surface area contributed by atoms with Gasteiger partial charge in [0.05, 0.1) is 5.56 Å². The van der Waals surface area contributed by atoms with E-state index in [1.54, 1.807) is 30.1 Å². The van der Waals surface area contributed by atoms with E-state index in [1.165, 1.54) is 18.2 Å². The van der Waals surface area contributed by atoms with Crippen molar-refractivity contribution in [3.05, 3.63) is 95.3 Å². The molecule has 1 saturated heterocycles. The van der Waals surface area contributed by atoms with Gasteiger partial charge in [0, 0.05) is 62.6 Å². The Balaban J connectivity index is 1.40. The Kier molecular flexibility index (Phi) is 7.91. The summed E-state index contributed by atoms with van der Waals surface area (Å²) < 4.78 is 13.7. The lowest BCUT2D eigenvalue weighted by molar-refractivity contribution is -0.132. The molecule has 0 spiro atoms. The first kappa shape index (κ1) is 26.4. The van der Waals surface area contributed by atoms with Gasteiger partial charge in [-0.25, -0.2) is 4.39 Å². The summed E-state index contributed by atoms with van der Waals surface area (Å²) in [6.45, 7) is 3.09. The first-order chi connectivity index (χ1) is 18.9. The molecular weight excluding hydrogens is 495 g/mol. The number of nitrogens with zero attached hydrogens (tertiary/aromatic N) is 3. The molecule has 202 valence electrons. The minimum absolute atomic E-state index is 0.175. The lowest BCUT2D eigenvalue weighted by Gasteiger charge is -2.28. The fraction of sp³-hybridized carbons (Fsp3) is 0.323. The molecule has 0 aromatic heterocycles. The third-order valence-corrected chi connectivity index (χ3v) is 7.26. The summed E-state index contributed by atoms with van der Waals surface area (Å²) in [7, 11) is 1.76. The number of halogens is 1. The molecule has 0 bridgehead atoms. The Morgan fingerprint density at radius 3 is 2.46 bits per heavy atom. The zero-order valence-electron chi connectivity index (χ0n) is 22.1. The zero-order valence-corrected chi connectivity index (χ0v) is 22.1. The Morgan fingerprint density at radius 2 is 1.72 bits per heavy atom. The monoisotopic (exact) mass is 528 g/mol. The van der Waals surface area contributed by atoms with Gasteiger partial charge in [0.25, 0.3) is 11.8 Å². The number of carbonyl (C=O) groups excluding carboxylic acids is 3. The van der Waals surface area contributed by atoms with Gasteiger partial charge in [-0.05, 0) is 61.2 Å². The number of benzene rings is 3. The molecule has 1 saturated carbocycles. The van der Waals surface area contributed by atoms with Crippen LogP contribution in [0.2, 0.25) is 0 Å². The van der Waals surface area contributed by atoms with Gasteiger partial charge in [-0.3, -0.25) is 14.4 Å². The first-order valence-corrected chi connectivity index (χ1v) is 13.4. The quantitative estimate of drug-likeness (QED) is 0.478.